The maximum atomic E-state index is 12.7. The first kappa shape index (κ1) is 13.9. The van der Waals surface area contributed by atoms with E-state index in [9.17, 15) is 9.59 Å². The summed E-state index contributed by atoms with van der Waals surface area (Å²) in [5.41, 5.74) is 2.06. The van der Waals surface area contributed by atoms with E-state index in [0.29, 0.717) is 27.8 Å². The molecule has 0 unspecified atom stereocenters. The zero-order chi connectivity index (χ0) is 15.7. The highest BCUT2D eigenvalue weighted by Gasteiger charge is 2.17. The minimum atomic E-state index is -0.218. The smallest absolute Gasteiger partial charge is 0.221 e. The first-order valence-electron chi connectivity index (χ1n) is 6.58. The summed E-state index contributed by atoms with van der Waals surface area (Å²) < 4.78 is 1.77. The van der Waals surface area contributed by atoms with Crippen LogP contribution in [0.5, 0.6) is 0 Å². The summed E-state index contributed by atoms with van der Waals surface area (Å²) >= 11 is 0. The summed E-state index contributed by atoms with van der Waals surface area (Å²) in [6.07, 6.45) is 7.73. The fourth-order valence-corrected chi connectivity index (χ4v) is 2.29. The summed E-state index contributed by atoms with van der Waals surface area (Å²) in [6.45, 7) is 1.40. The molecule has 22 heavy (non-hydrogen) atoms. The Morgan fingerprint density at radius 2 is 2.00 bits per heavy atom. The number of aryl methyl sites for hydroxylation is 1. The third-order valence-electron chi connectivity index (χ3n) is 3.20. The number of ketones is 1. The van der Waals surface area contributed by atoms with Gasteiger partial charge in [0.15, 0.2) is 5.78 Å². The number of hydrogen-bond acceptors (Lipinski definition) is 5. The number of nitrogens with zero attached hydrogens (tertiary/aromatic N) is 4. The Hall–Kier alpha value is -3.09. The van der Waals surface area contributed by atoms with Gasteiger partial charge in [0.1, 0.15) is 12.0 Å². The lowest BCUT2D eigenvalue weighted by Crippen LogP contribution is -2.08. The molecule has 1 N–H and O–H groups in total. The molecule has 3 aromatic heterocycles. The van der Waals surface area contributed by atoms with Crippen LogP contribution in [0.25, 0.3) is 11.0 Å². The lowest BCUT2D eigenvalue weighted by molar-refractivity contribution is -0.114. The molecule has 7 nitrogen and oxygen atoms in total. The van der Waals surface area contributed by atoms with Gasteiger partial charge in [0.2, 0.25) is 5.91 Å². The molecule has 0 aliphatic rings. The Kier molecular flexibility index (Phi) is 3.38. The highest BCUT2D eigenvalue weighted by atomic mass is 16.1. The van der Waals surface area contributed by atoms with Gasteiger partial charge in [0.25, 0.3) is 0 Å². The van der Waals surface area contributed by atoms with Gasteiger partial charge < -0.3 is 9.88 Å². The second-order valence-electron chi connectivity index (χ2n) is 4.89. The van der Waals surface area contributed by atoms with Gasteiger partial charge >= 0.3 is 0 Å². The normalized spacial score (nSPS) is 10.6. The molecule has 3 aromatic rings. The minimum absolute atomic E-state index is 0.194. The Morgan fingerprint density at radius 3 is 2.77 bits per heavy atom. The van der Waals surface area contributed by atoms with E-state index in [1.807, 2.05) is 7.05 Å². The van der Waals surface area contributed by atoms with Gasteiger partial charge in [0.05, 0.1) is 17.4 Å². The number of anilines is 1. The van der Waals surface area contributed by atoms with E-state index in [1.54, 1.807) is 23.0 Å². The summed E-state index contributed by atoms with van der Waals surface area (Å²) in [6, 6.07) is 1.60. The van der Waals surface area contributed by atoms with Crippen LogP contribution in [-0.4, -0.2) is 31.2 Å². The van der Waals surface area contributed by atoms with Crippen LogP contribution in [0.1, 0.15) is 22.8 Å². The van der Waals surface area contributed by atoms with Crippen molar-refractivity contribution in [2.24, 2.45) is 7.05 Å². The Labute approximate surface area is 126 Å². The highest BCUT2D eigenvalue weighted by molar-refractivity contribution is 6.16. The van der Waals surface area contributed by atoms with Crippen LogP contribution in [-0.2, 0) is 11.8 Å². The van der Waals surface area contributed by atoms with Gasteiger partial charge in [-0.25, -0.2) is 9.97 Å². The third-order valence-corrected chi connectivity index (χ3v) is 3.20. The number of hydrogen-bond donors (Lipinski definition) is 1. The van der Waals surface area contributed by atoms with Crippen LogP contribution in [0, 0.1) is 0 Å². The van der Waals surface area contributed by atoms with Crippen molar-refractivity contribution in [3.63, 3.8) is 0 Å². The van der Waals surface area contributed by atoms with Crippen LogP contribution >= 0.6 is 0 Å². The van der Waals surface area contributed by atoms with Crippen LogP contribution in [0.15, 0.2) is 37.2 Å². The summed E-state index contributed by atoms with van der Waals surface area (Å²) in [7, 11) is 1.82. The predicted molar refractivity (Wildman–Crippen MR) is 80.5 cm³/mol. The number of amides is 1. The molecule has 0 fully saturated rings. The fraction of sp³-hybridized carbons (Fsp3) is 0.133. The van der Waals surface area contributed by atoms with E-state index in [1.165, 1.54) is 25.6 Å². The Morgan fingerprint density at radius 1 is 1.18 bits per heavy atom. The summed E-state index contributed by atoms with van der Waals surface area (Å²) in [4.78, 5) is 35.9. The van der Waals surface area contributed by atoms with Crippen molar-refractivity contribution in [1.29, 1.82) is 0 Å². The van der Waals surface area contributed by atoms with Crippen molar-refractivity contribution in [2.45, 2.75) is 6.92 Å². The lowest BCUT2D eigenvalue weighted by atomic mass is 10.1. The topological polar surface area (TPSA) is 89.8 Å². The van der Waals surface area contributed by atoms with Crippen molar-refractivity contribution in [1.82, 2.24) is 19.5 Å². The molecule has 0 bridgehead atoms. The van der Waals surface area contributed by atoms with Crippen molar-refractivity contribution >= 4 is 28.4 Å². The molecule has 1 amide bonds. The van der Waals surface area contributed by atoms with Crippen molar-refractivity contribution < 1.29 is 9.59 Å². The predicted octanol–water partition coefficient (Wildman–Crippen LogP) is 1.55. The van der Waals surface area contributed by atoms with Gasteiger partial charge in [-0.05, 0) is 6.07 Å². The molecule has 110 valence electrons. The number of carbonyl (C=O) groups excluding carboxylic acids is 2. The average molecular weight is 295 g/mol. The van der Waals surface area contributed by atoms with Gasteiger partial charge in [-0.1, -0.05) is 0 Å². The maximum absolute atomic E-state index is 12.7. The third kappa shape index (κ3) is 2.44. The van der Waals surface area contributed by atoms with E-state index >= 15 is 0 Å². The number of fused-ring (bicyclic) bond motifs is 1. The zero-order valence-corrected chi connectivity index (χ0v) is 12.1. The number of nitrogens with one attached hydrogen (secondary N) is 1. The molecule has 0 saturated heterocycles. The number of aromatic nitrogens is 4. The molecule has 0 atom stereocenters. The molecular formula is C15H13N5O2. The SMILES string of the molecule is CC(=O)Nc1cncc(C(=O)c2cn(C)c3ncncc23)c1. The van der Waals surface area contributed by atoms with Gasteiger partial charge in [0, 0.05) is 43.5 Å². The number of pyridine rings is 1. The van der Waals surface area contributed by atoms with E-state index in [4.69, 9.17) is 0 Å². The van der Waals surface area contributed by atoms with E-state index in [-0.39, 0.29) is 11.7 Å². The Bertz CT molecular complexity index is 885. The second-order valence-corrected chi connectivity index (χ2v) is 4.89. The molecular weight excluding hydrogens is 282 g/mol. The highest BCUT2D eigenvalue weighted by Crippen LogP contribution is 2.21. The minimum Gasteiger partial charge on any atom is -0.335 e. The lowest BCUT2D eigenvalue weighted by Gasteiger charge is -2.04. The van der Waals surface area contributed by atoms with Crippen molar-refractivity contribution in [3.05, 3.63) is 48.3 Å². The van der Waals surface area contributed by atoms with E-state index in [2.05, 4.69) is 20.3 Å². The first-order chi connectivity index (χ1) is 10.6. The molecule has 0 aliphatic carbocycles. The zero-order valence-electron chi connectivity index (χ0n) is 12.1. The summed E-state index contributed by atoms with van der Waals surface area (Å²) in [5.74, 6) is -0.412. The molecule has 0 spiro atoms. The van der Waals surface area contributed by atoms with Crippen LogP contribution in [0.2, 0.25) is 0 Å². The van der Waals surface area contributed by atoms with E-state index < -0.39 is 0 Å². The number of rotatable bonds is 3. The van der Waals surface area contributed by atoms with Crippen molar-refractivity contribution in [3.8, 4) is 0 Å². The molecule has 7 heteroatoms. The van der Waals surface area contributed by atoms with Gasteiger partial charge in [-0.3, -0.25) is 14.6 Å². The van der Waals surface area contributed by atoms with Crippen molar-refractivity contribution in [2.75, 3.05) is 5.32 Å². The van der Waals surface area contributed by atoms with E-state index in [0.717, 1.165) is 0 Å². The summed E-state index contributed by atoms with van der Waals surface area (Å²) in [5, 5.41) is 3.29. The largest absolute Gasteiger partial charge is 0.335 e. The molecule has 0 radical (unpaired) electrons. The van der Waals surface area contributed by atoms with Crippen LogP contribution in [0.3, 0.4) is 0 Å². The standard InChI is InChI=1S/C15H13N5O2/c1-9(21)19-11-3-10(4-16-5-11)14(22)13-7-20(2)15-12(13)6-17-8-18-15/h3-8H,1-2H3,(H,19,21). The number of carbonyl (C=O) groups is 2. The van der Waals surface area contributed by atoms with Gasteiger partial charge in [-0.15, -0.1) is 0 Å². The maximum Gasteiger partial charge on any atom is 0.221 e. The molecule has 3 rings (SSSR count). The van der Waals surface area contributed by atoms with Crippen LogP contribution in [0.4, 0.5) is 5.69 Å². The second kappa shape index (κ2) is 5.36. The average Bonchev–Trinajstić information content (AvgIpc) is 2.84. The fourth-order valence-electron chi connectivity index (χ4n) is 2.29. The molecule has 0 saturated carbocycles. The first-order valence-corrected chi connectivity index (χ1v) is 6.58. The molecule has 0 aromatic carbocycles. The Balaban J connectivity index is 2.04. The molecule has 0 aliphatic heterocycles. The van der Waals surface area contributed by atoms with Crippen LogP contribution < -0.4 is 5.32 Å². The monoisotopic (exact) mass is 295 g/mol. The molecule has 3 heterocycles. The quantitative estimate of drug-likeness (QED) is 0.740. The van der Waals surface area contributed by atoms with Gasteiger partial charge in [-0.2, -0.15) is 0 Å².